The van der Waals surface area contributed by atoms with Crippen LogP contribution in [0, 0.1) is 29.1 Å². The van der Waals surface area contributed by atoms with E-state index in [2.05, 4.69) is 11.4 Å². The summed E-state index contributed by atoms with van der Waals surface area (Å²) in [6.45, 7) is 5.45. The Kier molecular flexibility index (Phi) is 10.2. The van der Waals surface area contributed by atoms with E-state index in [1.807, 2.05) is 13.8 Å². The molecule has 23 heavy (non-hydrogen) atoms. The first-order chi connectivity index (χ1) is 9.65. The summed E-state index contributed by atoms with van der Waals surface area (Å²) < 4.78 is 11.1. The highest BCUT2D eigenvalue weighted by molar-refractivity contribution is 7.53. The minimum Gasteiger partial charge on any atom is -0.808 e. The van der Waals surface area contributed by atoms with E-state index in [9.17, 15) is 24.4 Å². The van der Waals surface area contributed by atoms with Gasteiger partial charge in [-0.3, -0.25) is 4.79 Å². The molecule has 0 radical (unpaired) electrons. The zero-order valence-electron chi connectivity index (χ0n) is 14.5. The summed E-state index contributed by atoms with van der Waals surface area (Å²) in [7, 11) is -4.78. The van der Waals surface area contributed by atoms with Crippen molar-refractivity contribution in [1.82, 2.24) is 17.6 Å². The first-order valence-electron chi connectivity index (χ1n) is 7.03. The Morgan fingerprint density at radius 3 is 2.43 bits per heavy atom. The van der Waals surface area contributed by atoms with Crippen LogP contribution in [0.15, 0.2) is 11.4 Å². The fourth-order valence-electron chi connectivity index (χ4n) is 2.82. The molecule has 0 heterocycles. The van der Waals surface area contributed by atoms with Gasteiger partial charge in [0.15, 0.2) is 0 Å². The fourth-order valence-corrected chi connectivity index (χ4v) is 3.57. The van der Waals surface area contributed by atoms with Gasteiger partial charge in [-0.2, -0.15) is 5.26 Å². The van der Waals surface area contributed by atoms with Crippen molar-refractivity contribution in [3.05, 3.63) is 11.4 Å². The number of nitrogens with one attached hydrogen (secondary N) is 1. The van der Waals surface area contributed by atoms with Crippen molar-refractivity contribution >= 4 is 13.5 Å². The maximum Gasteiger partial charge on any atom is 0.217 e. The molecule has 0 fully saturated rings. The molecule has 0 aliphatic heterocycles. The molecular formula is C14H29N4O4P. The van der Waals surface area contributed by atoms with E-state index in [0.717, 1.165) is 0 Å². The lowest BCUT2D eigenvalue weighted by Crippen LogP contribution is -2.43. The van der Waals surface area contributed by atoms with Crippen LogP contribution in [0.25, 0.3) is 0 Å². The lowest BCUT2D eigenvalue weighted by Gasteiger charge is -2.40. The highest BCUT2D eigenvalue weighted by Gasteiger charge is 2.33. The van der Waals surface area contributed by atoms with Crippen molar-refractivity contribution in [2.75, 3.05) is 0 Å². The summed E-state index contributed by atoms with van der Waals surface area (Å²) in [6.07, 6.45) is 2.38. The van der Waals surface area contributed by atoms with E-state index >= 15 is 0 Å². The van der Waals surface area contributed by atoms with Gasteiger partial charge in [-0.1, -0.05) is 19.9 Å². The third-order valence-electron chi connectivity index (χ3n) is 3.72. The average Bonchev–Trinajstić information content (AvgIpc) is 2.35. The van der Waals surface area contributed by atoms with E-state index in [4.69, 9.17) is 0 Å². The smallest absolute Gasteiger partial charge is 0.217 e. The van der Waals surface area contributed by atoms with Gasteiger partial charge in [0.2, 0.25) is 5.91 Å². The zero-order valence-corrected chi connectivity index (χ0v) is 15.4. The quantitative estimate of drug-likeness (QED) is 0.635. The Morgan fingerprint density at radius 1 is 1.48 bits per heavy atom. The summed E-state index contributed by atoms with van der Waals surface area (Å²) >= 11 is 0. The van der Waals surface area contributed by atoms with Crippen LogP contribution in [0.1, 0.15) is 40.0 Å². The van der Waals surface area contributed by atoms with E-state index in [1.54, 1.807) is 0 Å². The highest BCUT2D eigenvalue weighted by atomic mass is 31.2. The summed E-state index contributed by atoms with van der Waals surface area (Å²) in [6, 6.07) is 1.90. The Labute approximate surface area is 137 Å². The van der Waals surface area contributed by atoms with Crippen LogP contribution in [0.4, 0.5) is 0 Å². The predicted molar refractivity (Wildman–Crippen MR) is 86.5 cm³/mol. The second-order valence-electron chi connectivity index (χ2n) is 5.97. The topological polar surface area (TPSA) is 189 Å². The number of hydrogen-bond donors (Lipinski definition) is 3. The normalized spacial score (nSPS) is 22.0. The molecule has 1 amide bonds. The Bertz CT molecular complexity index is 509. The number of quaternary nitrogens is 2. The SMILES string of the molecule is CC(=O)N[C@@H](CC(C)C)[C@H]1CC=C(P(=O)([O-])[O-])C[C@@H]1C#N.[NH4+].[NH4+]. The van der Waals surface area contributed by atoms with Crippen LogP contribution in [0.5, 0.6) is 0 Å². The molecule has 8 nitrogen and oxygen atoms in total. The summed E-state index contributed by atoms with van der Waals surface area (Å²) in [5, 5.41) is 11.9. The Morgan fingerprint density at radius 2 is 2.04 bits per heavy atom. The van der Waals surface area contributed by atoms with Gasteiger partial charge in [-0.15, -0.1) is 0 Å². The van der Waals surface area contributed by atoms with Gasteiger partial charge in [0.25, 0.3) is 0 Å². The van der Waals surface area contributed by atoms with Gasteiger partial charge in [-0.05, 0) is 44.0 Å². The van der Waals surface area contributed by atoms with Crippen molar-refractivity contribution in [3.63, 3.8) is 0 Å². The summed E-state index contributed by atoms with van der Waals surface area (Å²) in [5.74, 6) is -0.587. The third kappa shape index (κ3) is 7.25. The van der Waals surface area contributed by atoms with Crippen LogP contribution >= 0.6 is 7.60 Å². The monoisotopic (exact) mass is 348 g/mol. The number of amides is 1. The summed E-state index contributed by atoms with van der Waals surface area (Å²) in [5.41, 5.74) is 0. The Hall–Kier alpha value is -1.23. The van der Waals surface area contributed by atoms with Crippen molar-refractivity contribution in [3.8, 4) is 6.07 Å². The van der Waals surface area contributed by atoms with Gasteiger partial charge < -0.3 is 32.0 Å². The molecule has 0 spiro atoms. The van der Waals surface area contributed by atoms with E-state index in [0.29, 0.717) is 18.8 Å². The minimum absolute atomic E-state index is 0. The zero-order chi connectivity index (χ0) is 16.2. The highest BCUT2D eigenvalue weighted by Crippen LogP contribution is 2.46. The van der Waals surface area contributed by atoms with E-state index < -0.39 is 13.5 Å². The molecule has 3 atom stereocenters. The molecule has 1 rings (SSSR count). The molecule has 0 unspecified atom stereocenters. The molecule has 0 aromatic rings. The molecule has 0 bridgehead atoms. The van der Waals surface area contributed by atoms with Crippen molar-refractivity contribution < 1.29 is 19.1 Å². The first kappa shape index (κ1) is 24.0. The molecule has 0 saturated carbocycles. The molecule has 9 N–H and O–H groups in total. The van der Waals surface area contributed by atoms with Crippen molar-refractivity contribution in [2.45, 2.75) is 46.1 Å². The Balaban J connectivity index is 0. The largest absolute Gasteiger partial charge is 0.808 e. The van der Waals surface area contributed by atoms with Gasteiger partial charge in [0, 0.05) is 13.0 Å². The van der Waals surface area contributed by atoms with Crippen molar-refractivity contribution in [1.29, 1.82) is 5.26 Å². The number of allylic oxidation sites excluding steroid dienone is 2. The van der Waals surface area contributed by atoms with Crippen LogP contribution in [-0.4, -0.2) is 11.9 Å². The van der Waals surface area contributed by atoms with Crippen LogP contribution in [-0.2, 0) is 9.36 Å². The number of rotatable bonds is 5. The molecule has 1 aliphatic carbocycles. The van der Waals surface area contributed by atoms with Crippen LogP contribution in [0.3, 0.4) is 0 Å². The number of carbonyl (C=O) groups is 1. The minimum atomic E-state index is -4.78. The van der Waals surface area contributed by atoms with Gasteiger partial charge in [0.05, 0.1) is 12.0 Å². The molecule has 134 valence electrons. The van der Waals surface area contributed by atoms with Crippen LogP contribution < -0.4 is 27.4 Å². The van der Waals surface area contributed by atoms with E-state index in [1.165, 1.54) is 13.0 Å². The fraction of sp³-hybridized carbons (Fsp3) is 0.714. The second-order valence-corrected chi connectivity index (χ2v) is 7.54. The molecule has 1 aliphatic rings. The standard InChI is InChI=1S/C14H23N2O4P.2H3N/c1-9(2)6-14(16-10(3)17)13-5-4-12(21(18,19)20)7-11(13)8-15;;/h4,9,11,13-14H,5-7H2,1-3H3,(H,16,17)(H2,18,19,20);2*1H3/t11-,13+,14+;;/m1../s1. The maximum absolute atomic E-state index is 11.3. The maximum atomic E-state index is 11.3. The molecule has 0 saturated heterocycles. The number of hydrogen-bond acceptors (Lipinski definition) is 5. The number of carbonyl (C=O) groups excluding carboxylic acids is 1. The second kappa shape index (κ2) is 9.81. The lowest BCUT2D eigenvalue weighted by atomic mass is 9.76. The van der Waals surface area contributed by atoms with Crippen molar-refractivity contribution in [2.24, 2.45) is 17.8 Å². The first-order valence-corrected chi connectivity index (χ1v) is 8.57. The molecule has 0 aromatic carbocycles. The molecule has 0 aromatic heterocycles. The predicted octanol–water partition coefficient (Wildman–Crippen LogP) is 1.64. The number of nitriles is 1. The molecular weight excluding hydrogens is 319 g/mol. The van der Waals surface area contributed by atoms with Gasteiger partial charge in [0.1, 0.15) is 0 Å². The van der Waals surface area contributed by atoms with Gasteiger partial charge in [-0.25, -0.2) is 0 Å². The summed E-state index contributed by atoms with van der Waals surface area (Å²) in [4.78, 5) is 33.6. The molecule has 9 heteroatoms. The van der Waals surface area contributed by atoms with Gasteiger partial charge >= 0.3 is 0 Å². The van der Waals surface area contributed by atoms with Crippen LogP contribution in [0.2, 0.25) is 0 Å². The van der Waals surface area contributed by atoms with E-state index in [-0.39, 0.29) is 41.9 Å². The average molecular weight is 348 g/mol. The number of nitrogens with zero attached hydrogens (tertiary/aromatic N) is 1. The lowest BCUT2D eigenvalue weighted by molar-refractivity contribution is -0.310. The third-order valence-corrected chi connectivity index (χ3v) is 4.79.